The molecule has 0 radical (unpaired) electrons. The Hall–Kier alpha value is -0.550. The molecule has 0 fully saturated rings. The molecule has 9 heavy (non-hydrogen) atoms. The molecule has 1 aromatic heterocycles. The molecule has 2 N–H and O–H groups in total. The fourth-order valence-electron chi connectivity index (χ4n) is 0.422. The Bertz CT molecular complexity index is 194. The largest absolute Gasteiger partial charge is 0.393 e. The Kier molecular flexibility index (Phi) is 2.07. The van der Waals surface area contributed by atoms with Crippen LogP contribution in [0.25, 0.3) is 0 Å². The third-order valence-corrected chi connectivity index (χ3v) is 1.57. The van der Waals surface area contributed by atoms with Gasteiger partial charge in [-0.15, -0.1) is 21.5 Å². The van der Waals surface area contributed by atoms with E-state index in [9.17, 15) is 0 Å². The molecule has 0 aliphatic heterocycles. The molecular formula is C4H5N3S2. The zero-order valence-corrected chi connectivity index (χ0v) is 6.21. The van der Waals surface area contributed by atoms with Crippen LogP contribution in [0.1, 0.15) is 5.01 Å². The van der Waals surface area contributed by atoms with Crippen LogP contribution in [0.3, 0.4) is 0 Å². The molecule has 48 valence electrons. The van der Waals surface area contributed by atoms with Crippen LogP contribution in [0.5, 0.6) is 0 Å². The molecule has 3 nitrogen and oxygen atoms in total. The molecule has 0 aliphatic carbocycles. The average Bonchev–Trinajstić information content (AvgIpc) is 2.15. The fourth-order valence-corrected chi connectivity index (χ4v) is 1.20. The number of rotatable bonds is 2. The summed E-state index contributed by atoms with van der Waals surface area (Å²) in [6.45, 7) is 0. The minimum Gasteiger partial charge on any atom is -0.393 e. The molecule has 0 aromatic carbocycles. The standard InChI is InChI=1S/C4H5N3S2/c5-3(8)1-4-7-6-2-9-4/h2H,1H2,(H2,5,8). The van der Waals surface area contributed by atoms with Gasteiger partial charge in [0.1, 0.15) is 10.5 Å². The number of hydrogen-bond acceptors (Lipinski definition) is 4. The smallest absolute Gasteiger partial charge is 0.123 e. The van der Waals surface area contributed by atoms with Gasteiger partial charge in [-0.3, -0.25) is 0 Å². The van der Waals surface area contributed by atoms with E-state index in [1.165, 1.54) is 11.3 Å². The average molecular weight is 159 g/mol. The lowest BCUT2D eigenvalue weighted by atomic mass is 10.5. The Labute approximate surface area is 61.9 Å². The molecule has 0 bridgehead atoms. The van der Waals surface area contributed by atoms with Crippen LogP contribution >= 0.6 is 23.6 Å². The zero-order chi connectivity index (χ0) is 6.69. The van der Waals surface area contributed by atoms with Gasteiger partial charge in [-0.2, -0.15) is 0 Å². The highest BCUT2D eigenvalue weighted by Crippen LogP contribution is 2.00. The van der Waals surface area contributed by atoms with Gasteiger partial charge in [0.15, 0.2) is 0 Å². The van der Waals surface area contributed by atoms with Gasteiger partial charge >= 0.3 is 0 Å². The molecule has 5 heteroatoms. The highest BCUT2D eigenvalue weighted by molar-refractivity contribution is 7.80. The maximum absolute atomic E-state index is 5.25. The first-order valence-electron chi connectivity index (χ1n) is 2.32. The molecule has 0 spiro atoms. The first-order valence-corrected chi connectivity index (χ1v) is 3.61. The number of nitrogens with zero attached hydrogens (tertiary/aromatic N) is 2. The van der Waals surface area contributed by atoms with Crippen LogP contribution in [0.15, 0.2) is 5.51 Å². The molecule has 1 heterocycles. The molecule has 0 atom stereocenters. The summed E-state index contributed by atoms with van der Waals surface area (Å²) >= 11 is 6.12. The normalized spacial score (nSPS) is 9.33. The lowest BCUT2D eigenvalue weighted by molar-refractivity contribution is 1.03. The van der Waals surface area contributed by atoms with E-state index < -0.39 is 0 Å². The van der Waals surface area contributed by atoms with Crippen LogP contribution in [0.2, 0.25) is 0 Å². The van der Waals surface area contributed by atoms with Gasteiger partial charge in [-0.05, 0) is 0 Å². The van der Waals surface area contributed by atoms with E-state index in [1.807, 2.05) is 0 Å². The minimum atomic E-state index is 0.465. The Morgan fingerprint density at radius 1 is 1.89 bits per heavy atom. The van der Waals surface area contributed by atoms with Crippen molar-refractivity contribution in [3.8, 4) is 0 Å². The number of thiocarbonyl (C=S) groups is 1. The van der Waals surface area contributed by atoms with E-state index in [1.54, 1.807) is 5.51 Å². The van der Waals surface area contributed by atoms with E-state index in [0.717, 1.165) is 5.01 Å². The first-order chi connectivity index (χ1) is 4.29. The summed E-state index contributed by atoms with van der Waals surface area (Å²) in [4.78, 5) is 0.465. The van der Waals surface area contributed by atoms with Gasteiger partial charge in [0.25, 0.3) is 0 Å². The second-order valence-corrected chi connectivity index (χ2v) is 2.92. The van der Waals surface area contributed by atoms with Crippen molar-refractivity contribution in [3.05, 3.63) is 10.5 Å². The quantitative estimate of drug-likeness (QED) is 0.633. The van der Waals surface area contributed by atoms with Crippen molar-refractivity contribution >= 4 is 28.5 Å². The highest BCUT2D eigenvalue weighted by Gasteiger charge is 1.96. The molecule has 0 saturated heterocycles. The van der Waals surface area contributed by atoms with E-state index in [0.29, 0.717) is 11.4 Å². The van der Waals surface area contributed by atoms with Gasteiger partial charge < -0.3 is 5.73 Å². The molecule has 1 rings (SSSR count). The summed E-state index contributed by atoms with van der Waals surface area (Å²) < 4.78 is 0. The molecule has 0 unspecified atom stereocenters. The van der Waals surface area contributed by atoms with E-state index in [4.69, 9.17) is 5.73 Å². The monoisotopic (exact) mass is 159 g/mol. The van der Waals surface area contributed by atoms with Crippen LogP contribution < -0.4 is 5.73 Å². The SMILES string of the molecule is NC(=S)Cc1nncs1. The van der Waals surface area contributed by atoms with Crippen LogP contribution in [-0.4, -0.2) is 15.2 Å². The number of nitrogens with two attached hydrogens (primary N) is 1. The maximum Gasteiger partial charge on any atom is 0.123 e. The van der Waals surface area contributed by atoms with Gasteiger partial charge in [0, 0.05) is 0 Å². The minimum absolute atomic E-state index is 0.465. The number of hydrogen-bond donors (Lipinski definition) is 1. The summed E-state index contributed by atoms with van der Waals surface area (Å²) in [5.41, 5.74) is 6.91. The fraction of sp³-hybridized carbons (Fsp3) is 0.250. The number of aromatic nitrogens is 2. The zero-order valence-electron chi connectivity index (χ0n) is 4.57. The molecule has 0 amide bonds. The van der Waals surface area contributed by atoms with Crippen molar-refractivity contribution in [2.75, 3.05) is 0 Å². The van der Waals surface area contributed by atoms with E-state index >= 15 is 0 Å². The molecule has 0 saturated carbocycles. The van der Waals surface area contributed by atoms with Crippen LogP contribution in [0.4, 0.5) is 0 Å². The van der Waals surface area contributed by atoms with Crippen molar-refractivity contribution < 1.29 is 0 Å². The summed E-state index contributed by atoms with van der Waals surface area (Å²) in [6.07, 6.45) is 0.569. The van der Waals surface area contributed by atoms with Crippen LogP contribution in [0, 0.1) is 0 Å². The van der Waals surface area contributed by atoms with Crippen molar-refractivity contribution in [1.29, 1.82) is 0 Å². The third kappa shape index (κ3) is 2.03. The lowest BCUT2D eigenvalue weighted by Crippen LogP contribution is -2.10. The van der Waals surface area contributed by atoms with Gasteiger partial charge in [0.05, 0.1) is 11.4 Å². The topological polar surface area (TPSA) is 51.8 Å². The molecular weight excluding hydrogens is 154 g/mol. The second kappa shape index (κ2) is 2.84. The predicted octanol–water partition coefficient (Wildman–Crippen LogP) is 0.367. The van der Waals surface area contributed by atoms with Gasteiger partial charge in [0.2, 0.25) is 0 Å². The van der Waals surface area contributed by atoms with Crippen molar-refractivity contribution in [2.24, 2.45) is 5.73 Å². The highest BCUT2D eigenvalue weighted by atomic mass is 32.1. The second-order valence-electron chi connectivity index (χ2n) is 1.48. The van der Waals surface area contributed by atoms with Crippen molar-refractivity contribution in [2.45, 2.75) is 6.42 Å². The molecule has 0 aliphatic rings. The Morgan fingerprint density at radius 3 is 3.11 bits per heavy atom. The first kappa shape index (κ1) is 6.57. The van der Waals surface area contributed by atoms with Crippen molar-refractivity contribution in [1.82, 2.24) is 10.2 Å². The summed E-state index contributed by atoms with van der Waals surface area (Å²) in [5, 5.41) is 8.26. The summed E-state index contributed by atoms with van der Waals surface area (Å²) in [6, 6.07) is 0. The third-order valence-electron chi connectivity index (χ3n) is 0.731. The summed E-state index contributed by atoms with van der Waals surface area (Å²) in [5.74, 6) is 0. The molecule has 1 aromatic rings. The van der Waals surface area contributed by atoms with Gasteiger partial charge in [-0.1, -0.05) is 12.2 Å². The van der Waals surface area contributed by atoms with Crippen LogP contribution in [-0.2, 0) is 6.42 Å². The predicted molar refractivity (Wildman–Crippen MR) is 40.4 cm³/mol. The maximum atomic E-state index is 5.25. The van der Waals surface area contributed by atoms with Crippen molar-refractivity contribution in [3.63, 3.8) is 0 Å². The Morgan fingerprint density at radius 2 is 2.67 bits per heavy atom. The Balaban J connectivity index is 2.58. The lowest BCUT2D eigenvalue weighted by Gasteiger charge is -1.87. The summed E-state index contributed by atoms with van der Waals surface area (Å²) in [7, 11) is 0. The van der Waals surface area contributed by atoms with E-state index in [2.05, 4.69) is 22.4 Å². The van der Waals surface area contributed by atoms with E-state index in [-0.39, 0.29) is 0 Å². The van der Waals surface area contributed by atoms with Gasteiger partial charge in [-0.25, -0.2) is 0 Å².